The van der Waals surface area contributed by atoms with Crippen LogP contribution in [0.4, 0.5) is 5.69 Å². The number of nitrogens with zero attached hydrogens (tertiary/aromatic N) is 2. The largest absolute Gasteiger partial charge is 0.340 e. The van der Waals surface area contributed by atoms with Crippen LogP contribution in [0, 0.1) is 17.2 Å². The van der Waals surface area contributed by atoms with Crippen molar-refractivity contribution in [3.05, 3.63) is 59.7 Å². The Bertz CT molecular complexity index is 1120. The van der Waals surface area contributed by atoms with Crippen molar-refractivity contribution in [3.63, 3.8) is 0 Å². The number of anilines is 1. The molecule has 0 unspecified atom stereocenters. The molecule has 0 aromatic heterocycles. The molecule has 2 rings (SSSR count). The number of hydrogen-bond donors (Lipinski definition) is 2. The van der Waals surface area contributed by atoms with Crippen LogP contribution in [0.25, 0.3) is 0 Å². The first-order valence-electron chi connectivity index (χ1n) is 10.8. The summed E-state index contributed by atoms with van der Waals surface area (Å²) in [5, 5.41) is 14.3. The monoisotopic (exact) mass is 470 g/mol. The molecule has 0 fully saturated rings. The number of amides is 2. The highest BCUT2D eigenvalue weighted by molar-refractivity contribution is 7.89. The van der Waals surface area contributed by atoms with Gasteiger partial charge in [-0.2, -0.15) is 9.57 Å². The Balaban J connectivity index is 2.18. The van der Waals surface area contributed by atoms with Gasteiger partial charge >= 0.3 is 0 Å². The van der Waals surface area contributed by atoms with Crippen LogP contribution < -0.4 is 10.6 Å². The fourth-order valence-corrected chi connectivity index (χ4v) is 4.79. The van der Waals surface area contributed by atoms with Crippen LogP contribution in [-0.4, -0.2) is 43.7 Å². The van der Waals surface area contributed by atoms with Crippen LogP contribution in [-0.2, 0) is 21.2 Å². The molecule has 0 heterocycles. The van der Waals surface area contributed by atoms with Gasteiger partial charge in [0.2, 0.25) is 15.9 Å². The third-order valence-electron chi connectivity index (χ3n) is 5.18. The second-order valence-corrected chi connectivity index (χ2v) is 9.77. The molecule has 176 valence electrons. The van der Waals surface area contributed by atoms with E-state index in [4.69, 9.17) is 5.26 Å². The number of nitrogens with one attached hydrogen (secondary N) is 2. The Hall–Kier alpha value is -3.22. The first-order chi connectivity index (χ1) is 15.6. The maximum atomic E-state index is 12.9. The van der Waals surface area contributed by atoms with E-state index in [-0.39, 0.29) is 22.8 Å². The summed E-state index contributed by atoms with van der Waals surface area (Å²) in [6.45, 7) is 7.76. The Morgan fingerprint density at radius 1 is 1.06 bits per heavy atom. The van der Waals surface area contributed by atoms with Gasteiger partial charge in [0.15, 0.2) is 0 Å². The lowest BCUT2D eigenvalue weighted by molar-refractivity contribution is -0.118. The summed E-state index contributed by atoms with van der Waals surface area (Å²) in [5.74, 6) is -1.14. The van der Waals surface area contributed by atoms with E-state index in [1.54, 1.807) is 38.1 Å². The van der Waals surface area contributed by atoms with Crippen molar-refractivity contribution >= 4 is 27.5 Å². The zero-order valence-corrected chi connectivity index (χ0v) is 20.1. The van der Waals surface area contributed by atoms with Crippen molar-refractivity contribution in [3.8, 4) is 6.07 Å². The summed E-state index contributed by atoms with van der Waals surface area (Å²) < 4.78 is 26.9. The van der Waals surface area contributed by atoms with Gasteiger partial charge in [0, 0.05) is 24.3 Å². The lowest BCUT2D eigenvalue weighted by atomic mass is 10.0. The van der Waals surface area contributed by atoms with Crippen molar-refractivity contribution in [2.24, 2.45) is 5.92 Å². The van der Waals surface area contributed by atoms with E-state index in [0.717, 1.165) is 5.56 Å². The van der Waals surface area contributed by atoms with Crippen LogP contribution in [0.5, 0.6) is 0 Å². The van der Waals surface area contributed by atoms with Gasteiger partial charge < -0.3 is 10.6 Å². The minimum Gasteiger partial charge on any atom is -0.340 e. The highest BCUT2D eigenvalue weighted by Crippen LogP contribution is 2.18. The number of hydrogen-bond acceptors (Lipinski definition) is 5. The molecule has 2 aromatic rings. The third-order valence-corrected chi connectivity index (χ3v) is 7.23. The van der Waals surface area contributed by atoms with Gasteiger partial charge in [-0.15, -0.1) is 0 Å². The molecule has 0 saturated carbocycles. The number of sulfonamides is 1. The number of benzene rings is 2. The molecular weight excluding hydrogens is 440 g/mol. The van der Waals surface area contributed by atoms with Crippen molar-refractivity contribution in [2.45, 2.75) is 45.1 Å². The third kappa shape index (κ3) is 6.63. The fourth-order valence-electron chi connectivity index (χ4n) is 3.29. The molecule has 0 saturated heterocycles. The van der Waals surface area contributed by atoms with Crippen molar-refractivity contribution in [2.75, 3.05) is 18.4 Å². The SMILES string of the molecule is CCN(CC)S(=O)(=O)c1cccc(C(=O)N[C@H](C(=O)Nc2ccc(CC#N)cc2)C(C)C)c1. The normalized spacial score (nSPS) is 12.3. The molecule has 9 heteroatoms. The number of carbonyl (C=O) groups is 2. The van der Waals surface area contributed by atoms with E-state index >= 15 is 0 Å². The molecule has 0 radical (unpaired) electrons. The number of rotatable bonds is 10. The van der Waals surface area contributed by atoms with Crippen LogP contribution in [0.3, 0.4) is 0 Å². The lowest BCUT2D eigenvalue weighted by Gasteiger charge is -2.22. The van der Waals surface area contributed by atoms with Gasteiger partial charge in [-0.05, 0) is 41.8 Å². The van der Waals surface area contributed by atoms with E-state index in [1.807, 2.05) is 13.8 Å². The van der Waals surface area contributed by atoms with Crippen LogP contribution in [0.15, 0.2) is 53.4 Å². The quantitative estimate of drug-likeness (QED) is 0.553. The summed E-state index contributed by atoms with van der Waals surface area (Å²) in [5.41, 5.74) is 1.54. The molecule has 8 nitrogen and oxygen atoms in total. The Labute approximate surface area is 195 Å². The molecule has 2 N–H and O–H groups in total. The van der Waals surface area contributed by atoms with E-state index in [2.05, 4.69) is 16.7 Å². The highest BCUT2D eigenvalue weighted by atomic mass is 32.2. The lowest BCUT2D eigenvalue weighted by Crippen LogP contribution is -2.47. The average molecular weight is 471 g/mol. The Kier molecular flexibility index (Phi) is 9.14. The van der Waals surface area contributed by atoms with Gasteiger partial charge in [0.25, 0.3) is 5.91 Å². The first-order valence-corrected chi connectivity index (χ1v) is 12.3. The summed E-state index contributed by atoms with van der Waals surface area (Å²) >= 11 is 0. The molecule has 33 heavy (non-hydrogen) atoms. The van der Waals surface area contributed by atoms with Gasteiger partial charge in [-0.25, -0.2) is 8.42 Å². The zero-order valence-electron chi connectivity index (χ0n) is 19.3. The maximum Gasteiger partial charge on any atom is 0.251 e. The smallest absolute Gasteiger partial charge is 0.251 e. The van der Waals surface area contributed by atoms with E-state index in [0.29, 0.717) is 18.8 Å². The molecule has 0 aliphatic heterocycles. The molecule has 0 aliphatic rings. The predicted molar refractivity (Wildman–Crippen MR) is 127 cm³/mol. The second kappa shape index (κ2) is 11.6. The summed E-state index contributed by atoms with van der Waals surface area (Å²) in [7, 11) is -3.71. The van der Waals surface area contributed by atoms with Crippen LogP contribution in [0.1, 0.15) is 43.6 Å². The second-order valence-electron chi connectivity index (χ2n) is 7.83. The average Bonchev–Trinajstić information content (AvgIpc) is 2.79. The molecule has 0 aliphatic carbocycles. The zero-order chi connectivity index (χ0) is 24.6. The van der Waals surface area contributed by atoms with Gasteiger partial charge in [0.05, 0.1) is 17.4 Å². The summed E-state index contributed by atoms with van der Waals surface area (Å²) in [6, 6.07) is 13.9. The molecule has 1 atom stereocenters. The number of carbonyl (C=O) groups excluding carboxylic acids is 2. The molecule has 2 amide bonds. The van der Waals surface area contributed by atoms with Gasteiger partial charge in [-0.1, -0.05) is 45.9 Å². The minimum atomic E-state index is -3.71. The molecule has 0 spiro atoms. The fraction of sp³-hybridized carbons (Fsp3) is 0.375. The van der Waals surface area contributed by atoms with Gasteiger partial charge in [-0.3, -0.25) is 9.59 Å². The summed E-state index contributed by atoms with van der Waals surface area (Å²) in [4.78, 5) is 25.8. The predicted octanol–water partition coefficient (Wildman–Crippen LogP) is 3.18. The topological polar surface area (TPSA) is 119 Å². The number of nitriles is 1. The van der Waals surface area contributed by atoms with Crippen molar-refractivity contribution in [1.82, 2.24) is 9.62 Å². The van der Waals surface area contributed by atoms with E-state index in [9.17, 15) is 18.0 Å². The van der Waals surface area contributed by atoms with Gasteiger partial charge in [0.1, 0.15) is 6.04 Å². The van der Waals surface area contributed by atoms with Crippen LogP contribution in [0.2, 0.25) is 0 Å². The minimum absolute atomic E-state index is 0.0295. The molecule has 2 aromatic carbocycles. The first kappa shape index (κ1) is 26.0. The molecular formula is C24H30N4O4S. The van der Waals surface area contributed by atoms with Crippen molar-refractivity contribution in [1.29, 1.82) is 5.26 Å². The Morgan fingerprint density at radius 2 is 1.70 bits per heavy atom. The summed E-state index contributed by atoms with van der Waals surface area (Å²) in [6.07, 6.45) is 0.280. The van der Waals surface area contributed by atoms with E-state index < -0.39 is 27.9 Å². The standard InChI is InChI=1S/C24H30N4O4S/c1-5-28(6-2)33(31,32)21-9-7-8-19(16-21)23(29)27-22(17(3)4)24(30)26-20-12-10-18(11-13-20)14-15-25/h7-13,16-17,22H,5-6,14H2,1-4H3,(H,26,30)(H,27,29)/t22-/m0/s1. The maximum absolute atomic E-state index is 12.9. The van der Waals surface area contributed by atoms with Crippen LogP contribution >= 0.6 is 0 Å². The van der Waals surface area contributed by atoms with E-state index in [1.165, 1.54) is 28.6 Å². The Morgan fingerprint density at radius 3 is 2.24 bits per heavy atom. The molecule has 0 bridgehead atoms. The highest BCUT2D eigenvalue weighted by Gasteiger charge is 2.26. The van der Waals surface area contributed by atoms with Crippen molar-refractivity contribution < 1.29 is 18.0 Å².